The van der Waals surface area contributed by atoms with E-state index < -0.39 is 73.3 Å². The minimum absolute atomic E-state index is 0.0183. The smallest absolute Gasteiger partial charge is 0.310 e. The maximum Gasteiger partial charge on any atom is 0.310 e. The number of allylic oxidation sites excluding steroid dienone is 2. The van der Waals surface area contributed by atoms with E-state index in [1.54, 1.807) is 0 Å². The summed E-state index contributed by atoms with van der Waals surface area (Å²) in [7, 11) is 0. The van der Waals surface area contributed by atoms with Gasteiger partial charge >= 0.3 is 5.97 Å². The molecule has 0 spiro atoms. The monoisotopic (exact) mass is 750 g/mol. The molecule has 0 aromatic heterocycles. The van der Waals surface area contributed by atoms with Gasteiger partial charge in [0.15, 0.2) is 12.6 Å². The van der Waals surface area contributed by atoms with Gasteiger partial charge in [0.25, 0.3) is 0 Å². The molecule has 4 saturated carbocycles. The van der Waals surface area contributed by atoms with Crippen molar-refractivity contribution >= 4 is 5.97 Å². The van der Waals surface area contributed by atoms with Crippen LogP contribution in [0.25, 0.3) is 0 Å². The SMILES string of the molecule is CC1(C)CC[C@]2(C(=O)O)CCC3(C)C(=CCC4[C@@]5(C)CC[C@H](O[C@@H]6OC[C@H](O[C@@H]7O[C@H](CO)[C@@H](O)[C@H](O)[C@H]7O)[C@H](O)[C@H]6O)C(C)(C)C5CC[C@]43C)C2C1. The van der Waals surface area contributed by atoms with E-state index >= 15 is 0 Å². The number of aliphatic hydroxyl groups excluding tert-OH is 6. The minimum Gasteiger partial charge on any atom is -0.481 e. The Morgan fingerprint density at radius 2 is 1.47 bits per heavy atom. The van der Waals surface area contributed by atoms with Crippen molar-refractivity contribution in [2.45, 2.75) is 174 Å². The maximum atomic E-state index is 13.0. The Hall–Kier alpha value is -1.19. The van der Waals surface area contributed by atoms with E-state index in [2.05, 4.69) is 54.5 Å². The van der Waals surface area contributed by atoms with Crippen LogP contribution in [0.1, 0.15) is 113 Å². The number of carbonyl (C=O) groups is 1. The van der Waals surface area contributed by atoms with Crippen LogP contribution in [0.4, 0.5) is 0 Å². The lowest BCUT2D eigenvalue weighted by atomic mass is 9.33. The van der Waals surface area contributed by atoms with E-state index in [1.165, 1.54) is 5.57 Å². The highest BCUT2D eigenvalue weighted by molar-refractivity contribution is 5.76. The molecule has 53 heavy (non-hydrogen) atoms. The molecule has 0 amide bonds. The van der Waals surface area contributed by atoms with Gasteiger partial charge in [0.05, 0.1) is 24.7 Å². The lowest BCUT2D eigenvalue weighted by Crippen LogP contribution is -2.66. The number of hydrogen-bond acceptors (Lipinski definition) is 11. The fourth-order valence-corrected chi connectivity index (χ4v) is 13.4. The zero-order chi connectivity index (χ0) is 38.7. The first-order valence-corrected chi connectivity index (χ1v) is 20.2. The third-order valence-electron chi connectivity index (χ3n) is 16.9. The predicted octanol–water partition coefficient (Wildman–Crippen LogP) is 3.52. The summed E-state index contributed by atoms with van der Waals surface area (Å²) in [6.07, 6.45) is -1.38. The van der Waals surface area contributed by atoms with Crippen LogP contribution in [0.2, 0.25) is 0 Å². The van der Waals surface area contributed by atoms with Gasteiger partial charge in [-0.15, -0.1) is 0 Å². The number of aliphatic hydroxyl groups is 6. The van der Waals surface area contributed by atoms with E-state index in [-0.39, 0.29) is 45.7 Å². The van der Waals surface area contributed by atoms with Gasteiger partial charge in [-0.2, -0.15) is 0 Å². The zero-order valence-corrected chi connectivity index (χ0v) is 32.7. The van der Waals surface area contributed by atoms with Crippen LogP contribution in [0.3, 0.4) is 0 Å². The number of carboxylic acid groups (broad SMARTS) is 1. The highest BCUT2D eigenvalue weighted by Crippen LogP contribution is 2.76. The number of fused-ring (bicyclic) bond motifs is 7. The van der Waals surface area contributed by atoms with Crippen molar-refractivity contribution in [3.8, 4) is 0 Å². The fourth-order valence-electron chi connectivity index (χ4n) is 13.4. The molecule has 12 heteroatoms. The molecular weight excluding hydrogens is 684 g/mol. The molecule has 0 aromatic rings. The molecule has 17 atom stereocenters. The molecule has 0 radical (unpaired) electrons. The second kappa shape index (κ2) is 13.5. The molecule has 7 N–H and O–H groups in total. The summed E-state index contributed by atoms with van der Waals surface area (Å²) in [5, 5.41) is 73.2. The molecule has 0 bridgehead atoms. The highest BCUT2D eigenvalue weighted by atomic mass is 16.7. The van der Waals surface area contributed by atoms with Gasteiger partial charge in [-0.1, -0.05) is 60.1 Å². The molecule has 4 unspecified atom stereocenters. The summed E-state index contributed by atoms with van der Waals surface area (Å²) >= 11 is 0. The molecule has 2 aliphatic heterocycles. The summed E-state index contributed by atoms with van der Waals surface area (Å²) in [5.74, 6) is 0.218. The van der Waals surface area contributed by atoms with Gasteiger partial charge in [0.2, 0.25) is 0 Å². The third-order valence-corrected chi connectivity index (χ3v) is 16.9. The van der Waals surface area contributed by atoms with Crippen LogP contribution in [0, 0.1) is 50.2 Å². The number of rotatable bonds is 6. The molecule has 2 saturated heterocycles. The van der Waals surface area contributed by atoms with E-state index in [1.807, 2.05) is 0 Å². The normalized spacial score (nSPS) is 53.3. The molecule has 0 aromatic carbocycles. The summed E-state index contributed by atoms with van der Waals surface area (Å²) in [5.41, 5.74) is 0.584. The van der Waals surface area contributed by atoms with Gasteiger partial charge < -0.3 is 54.7 Å². The quantitative estimate of drug-likeness (QED) is 0.155. The van der Waals surface area contributed by atoms with Crippen molar-refractivity contribution in [3.05, 3.63) is 11.6 Å². The van der Waals surface area contributed by atoms with Crippen molar-refractivity contribution in [2.75, 3.05) is 13.2 Å². The number of ether oxygens (including phenoxy) is 4. The largest absolute Gasteiger partial charge is 0.481 e. The van der Waals surface area contributed by atoms with Crippen molar-refractivity contribution in [1.29, 1.82) is 0 Å². The topological polar surface area (TPSA) is 196 Å². The van der Waals surface area contributed by atoms with Crippen LogP contribution in [0.15, 0.2) is 11.6 Å². The molecule has 7 aliphatic rings. The Morgan fingerprint density at radius 1 is 0.792 bits per heavy atom. The summed E-state index contributed by atoms with van der Waals surface area (Å²) in [6, 6.07) is 0. The van der Waals surface area contributed by atoms with Crippen molar-refractivity contribution < 1.29 is 59.5 Å². The van der Waals surface area contributed by atoms with Gasteiger partial charge in [-0.25, -0.2) is 0 Å². The maximum absolute atomic E-state index is 13.0. The van der Waals surface area contributed by atoms with E-state index in [9.17, 15) is 40.5 Å². The first-order valence-electron chi connectivity index (χ1n) is 20.2. The highest BCUT2D eigenvalue weighted by Gasteiger charge is 2.69. The standard InChI is InChI=1S/C41H66O12/c1-36(2)14-16-41(35(48)49)17-15-39(6)21(22(41)18-36)8-9-26-38(5)12-11-27(37(3,4)25(38)10-13-40(26,39)7)53-33-31(46)29(44)24(20-50-33)52-34-32(47)30(45)28(43)23(19-42)51-34/h8,22-34,42-47H,9-20H2,1-7H3,(H,48,49)/t22?,23-,24+,25?,26?,27+,28-,29+,30+,31-,32-,33+,34+,38+,39?,40-,41+/m1/s1. The number of carboxylic acids is 1. The zero-order valence-electron chi connectivity index (χ0n) is 32.7. The third kappa shape index (κ3) is 5.94. The minimum atomic E-state index is -1.65. The van der Waals surface area contributed by atoms with Gasteiger partial charge in [-0.05, 0) is 109 Å². The summed E-state index contributed by atoms with van der Waals surface area (Å²) in [6.45, 7) is 15.8. The van der Waals surface area contributed by atoms with Gasteiger partial charge in [0, 0.05) is 0 Å². The average molecular weight is 751 g/mol. The molecule has 7 rings (SSSR count). The summed E-state index contributed by atoms with van der Waals surface area (Å²) in [4.78, 5) is 13.0. The number of aliphatic carboxylic acids is 1. The Kier molecular flexibility index (Phi) is 10.2. The second-order valence-corrected chi connectivity index (χ2v) is 20.2. The lowest BCUT2D eigenvalue weighted by Gasteiger charge is -2.71. The molecule has 5 aliphatic carbocycles. The summed E-state index contributed by atoms with van der Waals surface area (Å²) < 4.78 is 23.7. The average Bonchev–Trinajstić information content (AvgIpc) is 3.09. The van der Waals surface area contributed by atoms with Crippen LogP contribution in [-0.2, 0) is 23.7 Å². The molecule has 302 valence electrons. The first-order chi connectivity index (χ1) is 24.7. The van der Waals surface area contributed by atoms with Crippen molar-refractivity contribution in [2.24, 2.45) is 50.2 Å². The predicted molar refractivity (Wildman–Crippen MR) is 192 cm³/mol. The van der Waals surface area contributed by atoms with Crippen LogP contribution in [-0.4, -0.2) is 116 Å². The van der Waals surface area contributed by atoms with E-state index in [0.29, 0.717) is 11.8 Å². The molecular formula is C41H66O12. The van der Waals surface area contributed by atoms with Crippen LogP contribution in [0.5, 0.6) is 0 Å². The Balaban J connectivity index is 1.06. The van der Waals surface area contributed by atoms with E-state index in [4.69, 9.17) is 18.9 Å². The van der Waals surface area contributed by atoms with Crippen LogP contribution >= 0.6 is 0 Å². The van der Waals surface area contributed by atoms with E-state index in [0.717, 1.165) is 64.2 Å². The van der Waals surface area contributed by atoms with Gasteiger partial charge in [-0.3, -0.25) is 4.79 Å². The Morgan fingerprint density at radius 3 is 2.15 bits per heavy atom. The number of hydrogen-bond donors (Lipinski definition) is 7. The fraction of sp³-hybridized carbons (Fsp3) is 0.927. The Labute approximate surface area is 314 Å². The second-order valence-electron chi connectivity index (χ2n) is 20.2. The van der Waals surface area contributed by atoms with Crippen molar-refractivity contribution in [1.82, 2.24) is 0 Å². The van der Waals surface area contributed by atoms with Crippen LogP contribution < -0.4 is 0 Å². The molecule has 12 nitrogen and oxygen atoms in total. The Bertz CT molecular complexity index is 1430. The molecule has 6 fully saturated rings. The van der Waals surface area contributed by atoms with Crippen molar-refractivity contribution in [3.63, 3.8) is 0 Å². The molecule has 2 heterocycles. The lowest BCUT2D eigenvalue weighted by molar-refractivity contribution is -0.351. The first kappa shape index (κ1) is 40.0. The van der Waals surface area contributed by atoms with Gasteiger partial charge in [0.1, 0.15) is 42.7 Å².